The van der Waals surface area contributed by atoms with Crippen molar-refractivity contribution in [3.8, 4) is 0 Å². The summed E-state index contributed by atoms with van der Waals surface area (Å²) in [6.45, 7) is 1.88. The average molecular weight is 630 g/mol. The van der Waals surface area contributed by atoms with Crippen LogP contribution in [0.2, 0.25) is 0 Å². The Morgan fingerprint density at radius 2 is 1.90 bits per heavy atom. The summed E-state index contributed by atoms with van der Waals surface area (Å²) in [4.78, 5) is 38.6. The Balaban J connectivity index is 1.20. The Kier molecular flexibility index (Phi) is 4.30. The number of fused-ring (bicyclic) bond motifs is 2. The standard InChI is InChI=1S/C19H24I2N2O6/c1-18(20,19-21(22-19)23-19)17(26)29-14-10-7-9-12(16(25)28-13(9)14)11(10)15(24)27-8-5-3-2-4-6-8/h8-14,22-23H,2-7H2,1H3. The molecular formula is C19H24I2N2O6. The van der Waals surface area contributed by atoms with Gasteiger partial charge in [-0.15, -0.1) is 0 Å². The molecule has 8 nitrogen and oxygen atoms in total. The van der Waals surface area contributed by atoms with Gasteiger partial charge in [0.2, 0.25) is 0 Å². The molecule has 0 amide bonds. The molecular weight excluding hydrogens is 606 g/mol. The van der Waals surface area contributed by atoms with Crippen LogP contribution in [0.1, 0.15) is 45.4 Å². The quantitative estimate of drug-likeness (QED) is 0.0901. The molecule has 3 aliphatic heterocycles. The predicted octanol–water partition coefficient (Wildman–Crippen LogP) is 1.97. The molecule has 0 aromatic heterocycles. The van der Waals surface area contributed by atoms with Crippen LogP contribution in [0.3, 0.4) is 0 Å². The van der Waals surface area contributed by atoms with Crippen molar-refractivity contribution in [1.82, 2.24) is 7.06 Å². The van der Waals surface area contributed by atoms with Gasteiger partial charge in [-0.1, -0.05) is 6.42 Å². The maximum atomic E-state index is 13.1. The van der Waals surface area contributed by atoms with Crippen LogP contribution in [0.4, 0.5) is 0 Å². The van der Waals surface area contributed by atoms with Crippen LogP contribution < -0.4 is 7.06 Å². The molecule has 29 heavy (non-hydrogen) atoms. The summed E-state index contributed by atoms with van der Waals surface area (Å²) in [6, 6.07) is 0. The first-order valence-electron chi connectivity index (χ1n) is 10.4. The van der Waals surface area contributed by atoms with E-state index in [0.717, 1.165) is 25.7 Å². The number of alkyl halides is 2. The number of ether oxygens (including phenoxy) is 3. The Labute approximate surface area is 190 Å². The number of hydrogen-bond donors (Lipinski definition) is 2. The molecule has 7 atom stereocenters. The van der Waals surface area contributed by atoms with Crippen molar-refractivity contribution in [3.63, 3.8) is 0 Å². The molecule has 0 radical (unpaired) electrons. The van der Waals surface area contributed by atoms with Crippen LogP contribution in [0.15, 0.2) is 0 Å². The molecule has 160 valence electrons. The number of carbonyl (C=O) groups is 3. The minimum absolute atomic E-state index is 0.0470. The van der Waals surface area contributed by atoms with Gasteiger partial charge in [-0.3, -0.25) is 0 Å². The van der Waals surface area contributed by atoms with Crippen LogP contribution in [0, 0.1) is 23.7 Å². The second-order valence-corrected chi connectivity index (χ2v) is 15.7. The van der Waals surface area contributed by atoms with Gasteiger partial charge in [-0.2, -0.15) is 0 Å². The topological polar surface area (TPSA) is 123 Å². The van der Waals surface area contributed by atoms with Crippen molar-refractivity contribution in [2.45, 2.75) is 70.9 Å². The summed E-state index contributed by atoms with van der Waals surface area (Å²) in [7, 11) is 0. The van der Waals surface area contributed by atoms with E-state index < -0.39 is 47.8 Å². The molecule has 3 saturated carbocycles. The first-order chi connectivity index (χ1) is 13.8. The first-order valence-corrected chi connectivity index (χ1v) is 14.7. The van der Waals surface area contributed by atoms with Gasteiger partial charge < -0.3 is 0 Å². The summed E-state index contributed by atoms with van der Waals surface area (Å²) in [5, 5.41) is 0. The molecule has 6 fully saturated rings. The van der Waals surface area contributed by atoms with Crippen molar-refractivity contribution >= 4 is 60.9 Å². The number of halogens is 2. The van der Waals surface area contributed by atoms with Crippen LogP contribution in [-0.2, 0) is 28.6 Å². The molecule has 6 aliphatic rings. The second-order valence-electron chi connectivity index (χ2n) is 9.22. The van der Waals surface area contributed by atoms with Crippen molar-refractivity contribution in [2.75, 3.05) is 0 Å². The fourth-order valence-electron chi connectivity index (χ4n) is 5.85. The first kappa shape index (κ1) is 19.5. The van der Waals surface area contributed by atoms with E-state index >= 15 is 0 Å². The second kappa shape index (κ2) is 6.41. The van der Waals surface area contributed by atoms with Crippen molar-refractivity contribution in [1.29, 1.82) is 0 Å². The van der Waals surface area contributed by atoms with Crippen LogP contribution in [0.5, 0.6) is 0 Å². The SMILES string of the molecule is CC(I)(C(=O)OC1C2CC3C1OC(=O)C3C2C(=O)OC1CCCCC1)C12NI1N2. The number of esters is 3. The fourth-order valence-corrected chi connectivity index (χ4v) is 13.6. The predicted molar refractivity (Wildman–Crippen MR) is 117 cm³/mol. The van der Waals surface area contributed by atoms with Crippen molar-refractivity contribution in [2.24, 2.45) is 23.7 Å². The molecule has 0 spiro atoms. The van der Waals surface area contributed by atoms with E-state index in [4.69, 9.17) is 14.2 Å². The summed E-state index contributed by atoms with van der Waals surface area (Å²) >= 11 is 0.846. The van der Waals surface area contributed by atoms with Gasteiger partial charge in [0.05, 0.1) is 0 Å². The van der Waals surface area contributed by atoms with Gasteiger partial charge >= 0.3 is 185 Å². The van der Waals surface area contributed by atoms with Gasteiger partial charge in [0.1, 0.15) is 0 Å². The average Bonchev–Trinajstić information content (AvgIpc) is 3.45. The Morgan fingerprint density at radius 3 is 2.55 bits per heavy atom. The third-order valence-corrected chi connectivity index (χ3v) is 14.7. The number of carbonyl (C=O) groups excluding carboxylic acids is 3. The van der Waals surface area contributed by atoms with Gasteiger partial charge in [0.25, 0.3) is 0 Å². The summed E-state index contributed by atoms with van der Waals surface area (Å²) in [5.74, 6) is -2.16. The van der Waals surface area contributed by atoms with Gasteiger partial charge in [-0.05, 0) is 0 Å². The summed E-state index contributed by atoms with van der Waals surface area (Å²) < 4.78 is 23.2. The van der Waals surface area contributed by atoms with E-state index in [9.17, 15) is 14.4 Å². The van der Waals surface area contributed by atoms with E-state index in [1.54, 1.807) is 0 Å². The third kappa shape index (κ3) is 2.70. The molecule has 3 heterocycles. The van der Waals surface area contributed by atoms with Crippen molar-refractivity contribution < 1.29 is 28.6 Å². The zero-order valence-electron chi connectivity index (χ0n) is 16.0. The number of rotatable bonds is 5. The van der Waals surface area contributed by atoms with E-state index in [1.807, 2.05) is 6.92 Å². The minimum atomic E-state index is -1.31. The summed E-state index contributed by atoms with van der Waals surface area (Å²) in [6.07, 6.45) is 4.78. The number of nitrogens with one attached hydrogen (secondary N) is 2. The van der Waals surface area contributed by atoms with Gasteiger partial charge in [0.15, 0.2) is 0 Å². The third-order valence-electron chi connectivity index (χ3n) is 7.59. The Morgan fingerprint density at radius 1 is 1.21 bits per heavy atom. The van der Waals surface area contributed by atoms with Gasteiger partial charge in [-0.25, -0.2) is 0 Å². The monoisotopic (exact) mass is 630 g/mol. The van der Waals surface area contributed by atoms with Crippen LogP contribution >= 0.6 is 43.0 Å². The Hall–Kier alpha value is -0.210. The molecule has 0 aromatic rings. The molecule has 3 saturated heterocycles. The van der Waals surface area contributed by atoms with Crippen LogP contribution in [0.25, 0.3) is 0 Å². The van der Waals surface area contributed by atoms with E-state index in [2.05, 4.69) is 29.7 Å². The normalized spacial score (nSPS) is 43.9. The van der Waals surface area contributed by atoms with E-state index in [1.165, 1.54) is 6.42 Å². The molecule has 2 bridgehead atoms. The fraction of sp³-hybridized carbons (Fsp3) is 0.842. The maximum absolute atomic E-state index is 13.1. The molecule has 7 unspecified atom stereocenters. The van der Waals surface area contributed by atoms with E-state index in [0.29, 0.717) is 6.42 Å². The summed E-state index contributed by atoms with van der Waals surface area (Å²) in [5.41, 5.74) is 0. The van der Waals surface area contributed by atoms with Gasteiger partial charge in [0, 0.05) is 0 Å². The molecule has 3 aliphatic carbocycles. The molecule has 10 heteroatoms. The van der Waals surface area contributed by atoms with Crippen LogP contribution in [-0.4, -0.2) is 43.3 Å². The zero-order chi connectivity index (χ0) is 20.1. The zero-order valence-corrected chi connectivity index (χ0v) is 20.3. The molecule has 2 N–H and O–H groups in total. The number of hydrogen-bond acceptors (Lipinski definition) is 8. The van der Waals surface area contributed by atoms with Crippen molar-refractivity contribution in [3.05, 3.63) is 0 Å². The Bertz CT molecular complexity index is 794. The molecule has 0 aromatic carbocycles. The molecule has 6 rings (SSSR count). The van der Waals surface area contributed by atoms with E-state index in [-0.39, 0.29) is 39.5 Å².